The number of aliphatic carboxylic acids is 1. The first-order chi connectivity index (χ1) is 8.63. The molecule has 0 spiro atoms. The Balaban J connectivity index is 1.92. The Morgan fingerprint density at radius 1 is 1.44 bits per heavy atom. The fourth-order valence-electron chi connectivity index (χ4n) is 1.29. The van der Waals surface area contributed by atoms with Gasteiger partial charge in [0.15, 0.2) is 0 Å². The van der Waals surface area contributed by atoms with Gasteiger partial charge in [0.2, 0.25) is 5.95 Å². The zero-order valence-electron chi connectivity index (χ0n) is 9.74. The Bertz CT molecular complexity index is 536. The molecular formula is C10H12N6O2. The zero-order valence-corrected chi connectivity index (χ0v) is 9.74. The third kappa shape index (κ3) is 3.24. The lowest BCUT2D eigenvalue weighted by Crippen LogP contribution is -2.09. The summed E-state index contributed by atoms with van der Waals surface area (Å²) < 4.78 is 1.26. The molecule has 2 N–H and O–H groups in total. The van der Waals surface area contributed by atoms with Crippen molar-refractivity contribution in [1.82, 2.24) is 25.0 Å². The van der Waals surface area contributed by atoms with E-state index in [9.17, 15) is 4.79 Å². The molecule has 2 rings (SSSR count). The van der Waals surface area contributed by atoms with Crippen LogP contribution in [-0.4, -0.2) is 36.0 Å². The Morgan fingerprint density at radius 2 is 2.17 bits per heavy atom. The molecule has 0 aliphatic heterocycles. The van der Waals surface area contributed by atoms with Crippen molar-refractivity contribution in [3.8, 4) is 0 Å². The van der Waals surface area contributed by atoms with E-state index >= 15 is 0 Å². The summed E-state index contributed by atoms with van der Waals surface area (Å²) in [5.74, 6) is -0.463. The van der Waals surface area contributed by atoms with Crippen LogP contribution < -0.4 is 5.32 Å². The van der Waals surface area contributed by atoms with Gasteiger partial charge in [0, 0.05) is 12.4 Å². The maximum Gasteiger partial charge on any atom is 0.325 e. The van der Waals surface area contributed by atoms with Gasteiger partial charge in [0.25, 0.3) is 0 Å². The van der Waals surface area contributed by atoms with Crippen molar-refractivity contribution in [3.05, 3.63) is 29.8 Å². The molecule has 8 nitrogen and oxygen atoms in total. The second kappa shape index (κ2) is 5.21. The molecule has 0 aromatic carbocycles. The maximum atomic E-state index is 10.5. The predicted molar refractivity (Wildman–Crippen MR) is 61.8 cm³/mol. The van der Waals surface area contributed by atoms with E-state index < -0.39 is 5.97 Å². The molecule has 0 bridgehead atoms. The van der Waals surface area contributed by atoms with Gasteiger partial charge >= 0.3 is 5.97 Å². The normalized spacial score (nSPS) is 10.3. The van der Waals surface area contributed by atoms with Crippen molar-refractivity contribution >= 4 is 11.9 Å². The van der Waals surface area contributed by atoms with Crippen molar-refractivity contribution in [2.45, 2.75) is 20.0 Å². The van der Waals surface area contributed by atoms with E-state index in [0.717, 1.165) is 5.56 Å². The quantitative estimate of drug-likeness (QED) is 0.771. The number of carboxylic acids is 1. The summed E-state index contributed by atoms with van der Waals surface area (Å²) in [7, 11) is 0. The van der Waals surface area contributed by atoms with Gasteiger partial charge in [-0.25, -0.2) is 14.6 Å². The summed E-state index contributed by atoms with van der Waals surface area (Å²) >= 11 is 0. The minimum atomic E-state index is -0.957. The third-order valence-electron chi connectivity index (χ3n) is 2.09. The van der Waals surface area contributed by atoms with Gasteiger partial charge in [-0.15, -0.1) is 5.10 Å². The van der Waals surface area contributed by atoms with Gasteiger partial charge in [-0.2, -0.15) is 0 Å². The average molecular weight is 248 g/mol. The Labute approximate surface area is 103 Å². The van der Waals surface area contributed by atoms with Crippen molar-refractivity contribution in [1.29, 1.82) is 0 Å². The highest BCUT2D eigenvalue weighted by molar-refractivity contribution is 5.66. The van der Waals surface area contributed by atoms with Crippen molar-refractivity contribution in [2.75, 3.05) is 5.32 Å². The van der Waals surface area contributed by atoms with Crippen molar-refractivity contribution in [2.24, 2.45) is 0 Å². The molecule has 0 aliphatic carbocycles. The topological polar surface area (TPSA) is 106 Å². The van der Waals surface area contributed by atoms with Crippen LogP contribution in [0.15, 0.2) is 18.6 Å². The van der Waals surface area contributed by atoms with Gasteiger partial charge < -0.3 is 10.4 Å². The third-order valence-corrected chi connectivity index (χ3v) is 2.09. The van der Waals surface area contributed by atoms with Crippen molar-refractivity contribution < 1.29 is 9.90 Å². The van der Waals surface area contributed by atoms with Crippen LogP contribution >= 0.6 is 0 Å². The molecular weight excluding hydrogens is 236 g/mol. The van der Waals surface area contributed by atoms with E-state index in [4.69, 9.17) is 5.11 Å². The van der Waals surface area contributed by atoms with E-state index in [2.05, 4.69) is 25.6 Å². The molecule has 18 heavy (non-hydrogen) atoms. The molecule has 8 heteroatoms. The number of carboxylic acid groups (broad SMARTS) is 1. The highest BCUT2D eigenvalue weighted by Gasteiger charge is 2.04. The van der Waals surface area contributed by atoms with Crippen LogP contribution in [0.4, 0.5) is 5.95 Å². The zero-order chi connectivity index (χ0) is 13.0. The molecule has 0 amide bonds. The van der Waals surface area contributed by atoms with E-state index in [1.807, 2.05) is 6.92 Å². The lowest BCUT2D eigenvalue weighted by atomic mass is 10.4. The minimum Gasteiger partial charge on any atom is -0.480 e. The first-order valence-corrected chi connectivity index (χ1v) is 5.27. The van der Waals surface area contributed by atoms with Gasteiger partial charge in [-0.05, 0) is 12.5 Å². The molecule has 0 fully saturated rings. The number of anilines is 1. The first-order valence-electron chi connectivity index (χ1n) is 5.27. The predicted octanol–water partition coefficient (Wildman–Crippen LogP) is 0.0732. The highest BCUT2D eigenvalue weighted by atomic mass is 16.4. The minimum absolute atomic E-state index is 0.200. The lowest BCUT2D eigenvalue weighted by molar-refractivity contribution is -0.137. The van der Waals surface area contributed by atoms with Crippen LogP contribution in [0.2, 0.25) is 0 Å². The molecule has 94 valence electrons. The van der Waals surface area contributed by atoms with Crippen LogP contribution in [-0.2, 0) is 17.9 Å². The second-order valence-corrected chi connectivity index (χ2v) is 3.74. The summed E-state index contributed by atoms with van der Waals surface area (Å²) in [4.78, 5) is 18.6. The number of nitrogens with zero attached hydrogens (tertiary/aromatic N) is 5. The molecule has 0 unspecified atom stereocenters. The van der Waals surface area contributed by atoms with Crippen LogP contribution in [0.1, 0.15) is 11.3 Å². The highest BCUT2D eigenvalue weighted by Crippen LogP contribution is 2.01. The molecule has 0 radical (unpaired) electrons. The fourth-order valence-corrected chi connectivity index (χ4v) is 1.29. The monoisotopic (exact) mass is 248 g/mol. The summed E-state index contributed by atoms with van der Waals surface area (Å²) in [5, 5.41) is 19.1. The molecule has 2 heterocycles. The average Bonchev–Trinajstić information content (AvgIpc) is 2.75. The number of carbonyl (C=O) groups is 1. The van der Waals surface area contributed by atoms with Crippen molar-refractivity contribution in [3.63, 3.8) is 0 Å². The van der Waals surface area contributed by atoms with Gasteiger partial charge in [0.1, 0.15) is 12.2 Å². The maximum absolute atomic E-state index is 10.5. The van der Waals surface area contributed by atoms with Gasteiger partial charge in [-0.1, -0.05) is 5.21 Å². The number of aromatic nitrogens is 5. The second-order valence-electron chi connectivity index (χ2n) is 3.74. The van der Waals surface area contributed by atoms with Crippen LogP contribution in [0, 0.1) is 6.92 Å². The van der Waals surface area contributed by atoms with Gasteiger partial charge in [-0.3, -0.25) is 4.79 Å². The Kier molecular flexibility index (Phi) is 3.46. The molecule has 0 saturated heterocycles. The van der Waals surface area contributed by atoms with E-state index in [-0.39, 0.29) is 6.54 Å². The Hall–Kier alpha value is -2.51. The number of aryl methyl sites for hydroxylation is 1. The van der Waals surface area contributed by atoms with Crippen LogP contribution in [0.3, 0.4) is 0 Å². The molecule has 0 aliphatic rings. The summed E-state index contributed by atoms with van der Waals surface area (Å²) in [6, 6.07) is 0. The number of nitrogens with one attached hydrogen (secondary N) is 1. The largest absolute Gasteiger partial charge is 0.480 e. The molecule has 2 aromatic heterocycles. The summed E-state index contributed by atoms with van der Waals surface area (Å²) in [6.07, 6.45) is 4.97. The smallest absolute Gasteiger partial charge is 0.325 e. The summed E-state index contributed by atoms with van der Waals surface area (Å²) in [5.41, 5.74) is 1.60. The number of hydrogen-bond acceptors (Lipinski definition) is 6. The van der Waals surface area contributed by atoms with E-state index in [1.54, 1.807) is 18.6 Å². The lowest BCUT2D eigenvalue weighted by Gasteiger charge is -2.01. The van der Waals surface area contributed by atoms with E-state index in [1.165, 1.54) is 4.68 Å². The summed E-state index contributed by atoms with van der Waals surface area (Å²) in [6.45, 7) is 2.10. The van der Waals surface area contributed by atoms with Crippen LogP contribution in [0.5, 0.6) is 0 Å². The standard InChI is InChI=1S/C10H12N6O2/c1-7-2-11-10(12-3-7)13-4-8-5-16(15-14-8)6-9(17)18/h2-3,5H,4,6H2,1H3,(H,17,18)(H,11,12,13). The number of rotatable bonds is 5. The molecule has 0 atom stereocenters. The van der Waals surface area contributed by atoms with Gasteiger partial charge in [0.05, 0.1) is 12.7 Å². The Morgan fingerprint density at radius 3 is 2.83 bits per heavy atom. The molecule has 2 aromatic rings. The fraction of sp³-hybridized carbons (Fsp3) is 0.300. The van der Waals surface area contributed by atoms with E-state index in [0.29, 0.717) is 18.2 Å². The SMILES string of the molecule is Cc1cnc(NCc2cn(CC(=O)O)nn2)nc1. The molecule has 0 saturated carbocycles. The van der Waals surface area contributed by atoms with Crippen LogP contribution in [0.25, 0.3) is 0 Å². The first kappa shape index (κ1) is 12.0. The number of hydrogen-bond donors (Lipinski definition) is 2.